The largest absolute Gasteiger partial charge is 0.508 e. The first-order chi connectivity index (χ1) is 13.3. The molecule has 0 amide bonds. The quantitative estimate of drug-likeness (QED) is 0.171. The van der Waals surface area contributed by atoms with E-state index in [0.717, 1.165) is 16.9 Å². The lowest BCUT2D eigenvalue weighted by Crippen LogP contribution is -2.15. The Labute approximate surface area is 179 Å². The number of phenolic OH excluding ortho intramolecular Hbond substituents is 1. The minimum Gasteiger partial charge on any atom is -0.508 e. The topological polar surface area (TPSA) is 65.0 Å². The van der Waals surface area contributed by atoms with E-state index in [2.05, 4.69) is 36.1 Å². The zero-order valence-electron chi connectivity index (χ0n) is 16.1. The third kappa shape index (κ3) is 6.53. The smallest absolute Gasteiger partial charge is 0.333 e. The van der Waals surface area contributed by atoms with E-state index in [9.17, 15) is 9.90 Å². The molecule has 1 N–H and O–H groups in total. The minimum absolute atomic E-state index is 0.200. The second-order valence-corrected chi connectivity index (χ2v) is 8.61. The normalized spacial score (nSPS) is 12.8. The monoisotopic (exact) mass is 496 g/mol. The van der Waals surface area contributed by atoms with Crippen LogP contribution >= 0.6 is 22.6 Å². The first kappa shape index (κ1) is 22.2. The summed E-state index contributed by atoms with van der Waals surface area (Å²) in [5.74, 6) is 0.615. The van der Waals surface area contributed by atoms with E-state index in [-0.39, 0.29) is 15.8 Å². The fourth-order valence-electron chi connectivity index (χ4n) is 2.44. The number of ether oxygens (including phenoxy) is 3. The van der Waals surface area contributed by atoms with Crippen molar-refractivity contribution >= 4 is 28.6 Å². The van der Waals surface area contributed by atoms with E-state index >= 15 is 0 Å². The molecular formula is C22H25IO5. The van der Waals surface area contributed by atoms with Gasteiger partial charge in [-0.25, -0.2) is 4.79 Å². The van der Waals surface area contributed by atoms with Crippen molar-refractivity contribution in [1.29, 1.82) is 0 Å². The fourth-order valence-corrected chi connectivity index (χ4v) is 3.16. The Hall–Kier alpha value is -2.06. The van der Waals surface area contributed by atoms with Crippen molar-refractivity contribution in [3.63, 3.8) is 0 Å². The van der Waals surface area contributed by atoms with Crippen molar-refractivity contribution in [3.05, 3.63) is 71.8 Å². The lowest BCUT2D eigenvalue weighted by Gasteiger charge is -2.24. The Bertz CT molecular complexity index is 782. The van der Waals surface area contributed by atoms with E-state index in [1.54, 1.807) is 19.1 Å². The van der Waals surface area contributed by atoms with Crippen molar-refractivity contribution in [2.24, 2.45) is 0 Å². The number of alkyl halides is 1. The second-order valence-electron chi connectivity index (χ2n) is 6.45. The summed E-state index contributed by atoms with van der Waals surface area (Å²) in [6, 6.07) is 15.2. The van der Waals surface area contributed by atoms with Crippen LogP contribution in [0.3, 0.4) is 0 Å². The molecule has 0 aliphatic rings. The number of hydrogen-bond acceptors (Lipinski definition) is 5. The molecular weight excluding hydrogens is 471 g/mol. The van der Waals surface area contributed by atoms with Gasteiger partial charge < -0.3 is 19.3 Å². The second kappa shape index (κ2) is 10.5. The van der Waals surface area contributed by atoms with Gasteiger partial charge in [0.2, 0.25) is 0 Å². The maximum absolute atomic E-state index is 11.2. The van der Waals surface area contributed by atoms with Gasteiger partial charge in [-0.05, 0) is 49.2 Å². The molecule has 0 fully saturated rings. The molecule has 0 spiro atoms. The SMILES string of the molecule is C=C(C)C(=O)OCCOCCOc1ccc(C(C)(I)c2ccc(O)cc2)cc1. The molecule has 0 aliphatic carbocycles. The molecule has 0 heterocycles. The molecule has 150 valence electrons. The summed E-state index contributed by atoms with van der Waals surface area (Å²) in [5, 5.41) is 9.47. The van der Waals surface area contributed by atoms with Gasteiger partial charge in [0.1, 0.15) is 24.7 Å². The third-order valence-corrected chi connectivity index (χ3v) is 5.36. The van der Waals surface area contributed by atoms with Gasteiger partial charge in [0.25, 0.3) is 0 Å². The van der Waals surface area contributed by atoms with Gasteiger partial charge in [0, 0.05) is 5.57 Å². The molecule has 2 rings (SSSR count). The van der Waals surface area contributed by atoms with Crippen LogP contribution in [0.2, 0.25) is 0 Å². The van der Waals surface area contributed by atoms with E-state index < -0.39 is 5.97 Å². The maximum atomic E-state index is 11.2. The van der Waals surface area contributed by atoms with Crippen LogP contribution in [-0.2, 0) is 17.7 Å². The summed E-state index contributed by atoms with van der Waals surface area (Å²) in [7, 11) is 0. The van der Waals surface area contributed by atoms with Gasteiger partial charge in [-0.3, -0.25) is 0 Å². The summed E-state index contributed by atoms with van der Waals surface area (Å²) in [6.45, 7) is 8.58. The molecule has 5 nitrogen and oxygen atoms in total. The summed E-state index contributed by atoms with van der Waals surface area (Å²) in [4.78, 5) is 11.2. The number of carbonyl (C=O) groups is 1. The first-order valence-electron chi connectivity index (χ1n) is 8.93. The van der Waals surface area contributed by atoms with Crippen molar-refractivity contribution in [2.75, 3.05) is 26.4 Å². The van der Waals surface area contributed by atoms with E-state index in [0.29, 0.717) is 25.4 Å². The molecule has 6 heteroatoms. The number of phenols is 1. The highest BCUT2D eigenvalue weighted by atomic mass is 127. The Morgan fingerprint density at radius 1 is 1.00 bits per heavy atom. The van der Waals surface area contributed by atoms with Crippen molar-refractivity contribution < 1.29 is 24.1 Å². The highest BCUT2D eigenvalue weighted by Crippen LogP contribution is 2.39. The van der Waals surface area contributed by atoms with Gasteiger partial charge >= 0.3 is 5.97 Å². The molecule has 0 aromatic heterocycles. The van der Waals surface area contributed by atoms with Crippen LogP contribution in [-0.4, -0.2) is 37.5 Å². The van der Waals surface area contributed by atoms with Crippen LogP contribution in [0.4, 0.5) is 0 Å². The van der Waals surface area contributed by atoms with Gasteiger partial charge in [0.05, 0.1) is 16.6 Å². The third-order valence-electron chi connectivity index (χ3n) is 4.11. The number of halogens is 1. The number of carbonyl (C=O) groups excluding carboxylic acids is 1. The van der Waals surface area contributed by atoms with Crippen LogP contribution in [0.1, 0.15) is 25.0 Å². The van der Waals surface area contributed by atoms with Crippen molar-refractivity contribution in [1.82, 2.24) is 0 Å². The van der Waals surface area contributed by atoms with Crippen LogP contribution in [0.25, 0.3) is 0 Å². The molecule has 0 radical (unpaired) electrons. The van der Waals surface area contributed by atoms with Crippen molar-refractivity contribution in [3.8, 4) is 11.5 Å². The highest BCUT2D eigenvalue weighted by molar-refractivity contribution is 14.1. The van der Waals surface area contributed by atoms with Crippen LogP contribution in [0.5, 0.6) is 11.5 Å². The Morgan fingerprint density at radius 2 is 1.54 bits per heavy atom. The Morgan fingerprint density at radius 3 is 2.11 bits per heavy atom. The zero-order chi connectivity index (χ0) is 20.6. The van der Waals surface area contributed by atoms with Crippen LogP contribution in [0, 0.1) is 0 Å². The summed E-state index contributed by atoms with van der Waals surface area (Å²) < 4.78 is 15.8. The number of hydrogen-bond donors (Lipinski definition) is 1. The molecule has 2 aromatic carbocycles. The fraction of sp³-hybridized carbons (Fsp3) is 0.318. The van der Waals surface area contributed by atoms with E-state index in [1.807, 2.05) is 36.4 Å². The van der Waals surface area contributed by atoms with Gasteiger partial charge in [-0.15, -0.1) is 0 Å². The average Bonchev–Trinajstić information content (AvgIpc) is 2.67. The molecule has 1 unspecified atom stereocenters. The lowest BCUT2D eigenvalue weighted by atomic mass is 9.93. The molecule has 0 bridgehead atoms. The highest BCUT2D eigenvalue weighted by Gasteiger charge is 2.25. The van der Waals surface area contributed by atoms with Crippen LogP contribution in [0.15, 0.2) is 60.7 Å². The number of esters is 1. The molecule has 1 atom stereocenters. The summed E-state index contributed by atoms with van der Waals surface area (Å²) in [6.07, 6.45) is 0. The van der Waals surface area contributed by atoms with E-state index in [4.69, 9.17) is 14.2 Å². The number of rotatable bonds is 10. The van der Waals surface area contributed by atoms with Gasteiger partial charge in [-0.1, -0.05) is 53.4 Å². The molecule has 0 saturated heterocycles. The number of benzene rings is 2. The molecule has 2 aromatic rings. The summed E-state index contributed by atoms with van der Waals surface area (Å²) in [5.41, 5.74) is 2.63. The van der Waals surface area contributed by atoms with E-state index in [1.165, 1.54) is 0 Å². The average molecular weight is 496 g/mol. The molecule has 28 heavy (non-hydrogen) atoms. The maximum Gasteiger partial charge on any atom is 0.333 e. The summed E-state index contributed by atoms with van der Waals surface area (Å²) >= 11 is 2.40. The number of aromatic hydroxyl groups is 1. The molecule has 0 aliphatic heterocycles. The minimum atomic E-state index is -0.408. The first-order valence-corrected chi connectivity index (χ1v) is 10.0. The van der Waals surface area contributed by atoms with Crippen molar-refractivity contribution in [2.45, 2.75) is 17.3 Å². The Kier molecular flexibility index (Phi) is 8.32. The lowest BCUT2D eigenvalue weighted by molar-refractivity contribution is -0.140. The standard InChI is InChI=1S/C22H25IO5/c1-16(2)21(25)28-15-13-26-12-14-27-20-10-6-18(7-11-20)22(3,23)17-4-8-19(24)9-5-17/h4-11,24H,1,12-15H2,2-3H3. The predicted molar refractivity (Wildman–Crippen MR) is 117 cm³/mol. The van der Waals surface area contributed by atoms with Gasteiger partial charge in [0.15, 0.2) is 0 Å². The van der Waals surface area contributed by atoms with Crippen LogP contribution < -0.4 is 4.74 Å². The predicted octanol–water partition coefficient (Wildman–Crippen LogP) is 4.61. The Balaban J connectivity index is 1.76. The van der Waals surface area contributed by atoms with Gasteiger partial charge in [-0.2, -0.15) is 0 Å². The zero-order valence-corrected chi connectivity index (χ0v) is 18.3. The molecule has 0 saturated carbocycles.